The Labute approximate surface area is 107 Å². The van der Waals surface area contributed by atoms with Crippen LogP contribution in [0.15, 0.2) is 18.2 Å². The Morgan fingerprint density at radius 2 is 1.89 bits per heavy atom. The van der Waals surface area contributed by atoms with Gasteiger partial charge in [0, 0.05) is 13.1 Å². The number of phenolic OH excluding ortho intramolecular Hbond substituents is 1. The van der Waals surface area contributed by atoms with E-state index < -0.39 is 5.97 Å². The standard InChI is InChI=1S/C14H19NO3/c1-9-5-10(2)8-15(7-9)13-4-3-11(16)6-12(13)14(17)18/h3-4,6,9-10,16H,5,7-8H2,1-2H3,(H,17,18). The Morgan fingerprint density at radius 1 is 1.28 bits per heavy atom. The third-order valence-electron chi connectivity index (χ3n) is 3.42. The topological polar surface area (TPSA) is 60.8 Å². The first kappa shape index (κ1) is 12.7. The Hall–Kier alpha value is -1.71. The molecule has 0 aromatic heterocycles. The maximum atomic E-state index is 11.2. The van der Waals surface area contributed by atoms with Crippen molar-refractivity contribution in [2.45, 2.75) is 20.3 Å². The molecule has 2 atom stereocenters. The van der Waals surface area contributed by atoms with Crippen molar-refractivity contribution >= 4 is 11.7 Å². The molecule has 4 heteroatoms. The summed E-state index contributed by atoms with van der Waals surface area (Å²) in [6.07, 6.45) is 1.18. The first-order valence-electron chi connectivity index (χ1n) is 6.28. The monoisotopic (exact) mass is 249 g/mol. The van der Waals surface area contributed by atoms with Crippen LogP contribution in [-0.2, 0) is 0 Å². The van der Waals surface area contributed by atoms with Crippen molar-refractivity contribution in [1.29, 1.82) is 0 Å². The highest BCUT2D eigenvalue weighted by atomic mass is 16.4. The van der Waals surface area contributed by atoms with Crippen molar-refractivity contribution in [3.05, 3.63) is 23.8 Å². The molecule has 0 bridgehead atoms. The lowest BCUT2D eigenvalue weighted by Crippen LogP contribution is -2.39. The van der Waals surface area contributed by atoms with E-state index in [-0.39, 0.29) is 11.3 Å². The maximum Gasteiger partial charge on any atom is 0.337 e. The quantitative estimate of drug-likeness (QED) is 0.845. The van der Waals surface area contributed by atoms with E-state index in [0.717, 1.165) is 13.1 Å². The van der Waals surface area contributed by atoms with Gasteiger partial charge in [-0.05, 0) is 36.5 Å². The van der Waals surface area contributed by atoms with Gasteiger partial charge in [0.25, 0.3) is 0 Å². The van der Waals surface area contributed by atoms with Gasteiger partial charge in [-0.3, -0.25) is 0 Å². The summed E-state index contributed by atoms with van der Waals surface area (Å²) in [4.78, 5) is 13.4. The molecule has 0 amide bonds. The molecule has 2 rings (SSSR count). The number of carbonyl (C=O) groups is 1. The van der Waals surface area contributed by atoms with Crippen LogP contribution in [0.5, 0.6) is 5.75 Å². The van der Waals surface area contributed by atoms with E-state index in [1.165, 1.54) is 12.5 Å². The van der Waals surface area contributed by atoms with Crippen LogP contribution < -0.4 is 4.90 Å². The number of hydrogen-bond acceptors (Lipinski definition) is 3. The molecular formula is C14H19NO3. The van der Waals surface area contributed by atoms with Crippen LogP contribution >= 0.6 is 0 Å². The number of aromatic carboxylic acids is 1. The number of phenols is 1. The van der Waals surface area contributed by atoms with Gasteiger partial charge in [0.2, 0.25) is 0 Å². The summed E-state index contributed by atoms with van der Waals surface area (Å²) in [6, 6.07) is 4.57. The first-order valence-corrected chi connectivity index (χ1v) is 6.28. The molecule has 1 aromatic rings. The average Bonchev–Trinajstić information content (AvgIpc) is 2.27. The number of anilines is 1. The summed E-state index contributed by atoms with van der Waals surface area (Å²) >= 11 is 0. The molecule has 0 radical (unpaired) electrons. The lowest BCUT2D eigenvalue weighted by Gasteiger charge is -2.37. The number of benzene rings is 1. The van der Waals surface area contributed by atoms with Crippen LogP contribution in [0.2, 0.25) is 0 Å². The van der Waals surface area contributed by atoms with Gasteiger partial charge in [-0.2, -0.15) is 0 Å². The number of aromatic hydroxyl groups is 1. The third kappa shape index (κ3) is 2.58. The smallest absolute Gasteiger partial charge is 0.337 e. The molecular weight excluding hydrogens is 230 g/mol. The fourth-order valence-corrected chi connectivity index (χ4v) is 2.83. The van der Waals surface area contributed by atoms with Crippen molar-refractivity contribution in [2.24, 2.45) is 11.8 Å². The number of piperidine rings is 1. The van der Waals surface area contributed by atoms with E-state index in [0.29, 0.717) is 17.5 Å². The minimum Gasteiger partial charge on any atom is -0.508 e. The molecule has 0 saturated carbocycles. The molecule has 1 aliphatic heterocycles. The van der Waals surface area contributed by atoms with Crippen molar-refractivity contribution in [2.75, 3.05) is 18.0 Å². The highest BCUT2D eigenvalue weighted by Gasteiger charge is 2.25. The lowest BCUT2D eigenvalue weighted by atomic mass is 9.91. The lowest BCUT2D eigenvalue weighted by molar-refractivity contribution is 0.0697. The Kier molecular flexibility index (Phi) is 3.45. The van der Waals surface area contributed by atoms with E-state index in [9.17, 15) is 15.0 Å². The zero-order valence-electron chi connectivity index (χ0n) is 10.8. The molecule has 98 valence electrons. The van der Waals surface area contributed by atoms with Gasteiger partial charge >= 0.3 is 5.97 Å². The van der Waals surface area contributed by atoms with Crippen molar-refractivity contribution in [3.8, 4) is 5.75 Å². The predicted octanol–water partition coefficient (Wildman–Crippen LogP) is 2.57. The highest BCUT2D eigenvalue weighted by molar-refractivity contribution is 5.95. The zero-order chi connectivity index (χ0) is 13.3. The van der Waals surface area contributed by atoms with Crippen LogP contribution in [0, 0.1) is 11.8 Å². The molecule has 0 aliphatic carbocycles. The molecule has 1 fully saturated rings. The van der Waals surface area contributed by atoms with Crippen molar-refractivity contribution < 1.29 is 15.0 Å². The van der Waals surface area contributed by atoms with Gasteiger partial charge in [-0.25, -0.2) is 4.79 Å². The van der Waals surface area contributed by atoms with Crippen molar-refractivity contribution in [3.63, 3.8) is 0 Å². The molecule has 2 unspecified atom stereocenters. The molecule has 1 aliphatic rings. The van der Waals surface area contributed by atoms with Gasteiger partial charge in [0.15, 0.2) is 0 Å². The van der Waals surface area contributed by atoms with Gasteiger partial charge in [0.05, 0.1) is 11.3 Å². The van der Waals surface area contributed by atoms with Crippen LogP contribution in [0.4, 0.5) is 5.69 Å². The molecule has 1 aromatic carbocycles. The summed E-state index contributed by atoms with van der Waals surface area (Å²) in [5.41, 5.74) is 0.884. The summed E-state index contributed by atoms with van der Waals surface area (Å²) in [5, 5.41) is 18.6. The molecule has 1 saturated heterocycles. The Bertz CT molecular complexity index is 448. The van der Waals surface area contributed by atoms with Crippen LogP contribution in [0.3, 0.4) is 0 Å². The summed E-state index contributed by atoms with van der Waals surface area (Å²) in [5.74, 6) is 0.120. The first-order chi connectivity index (χ1) is 8.47. The zero-order valence-corrected chi connectivity index (χ0v) is 10.8. The van der Waals surface area contributed by atoms with E-state index in [4.69, 9.17) is 0 Å². The summed E-state index contributed by atoms with van der Waals surface area (Å²) in [6.45, 7) is 6.11. The van der Waals surface area contributed by atoms with E-state index >= 15 is 0 Å². The van der Waals surface area contributed by atoms with E-state index in [1.54, 1.807) is 12.1 Å². The Balaban J connectivity index is 2.35. The summed E-state index contributed by atoms with van der Waals surface area (Å²) in [7, 11) is 0. The van der Waals surface area contributed by atoms with Gasteiger partial charge in [-0.1, -0.05) is 13.8 Å². The second kappa shape index (κ2) is 4.88. The number of nitrogens with zero attached hydrogens (tertiary/aromatic N) is 1. The molecule has 0 spiro atoms. The largest absolute Gasteiger partial charge is 0.508 e. The predicted molar refractivity (Wildman–Crippen MR) is 70.2 cm³/mol. The number of rotatable bonds is 2. The SMILES string of the molecule is CC1CC(C)CN(c2ccc(O)cc2C(=O)O)C1. The molecule has 18 heavy (non-hydrogen) atoms. The highest BCUT2D eigenvalue weighted by Crippen LogP contribution is 2.30. The maximum absolute atomic E-state index is 11.2. The fourth-order valence-electron chi connectivity index (χ4n) is 2.83. The second-order valence-electron chi connectivity index (χ2n) is 5.36. The fraction of sp³-hybridized carbons (Fsp3) is 0.500. The van der Waals surface area contributed by atoms with Crippen molar-refractivity contribution in [1.82, 2.24) is 0 Å². The second-order valence-corrected chi connectivity index (χ2v) is 5.36. The average molecular weight is 249 g/mol. The van der Waals surface area contributed by atoms with Crippen LogP contribution in [0.25, 0.3) is 0 Å². The van der Waals surface area contributed by atoms with Gasteiger partial charge in [0.1, 0.15) is 5.75 Å². The molecule has 2 N–H and O–H groups in total. The van der Waals surface area contributed by atoms with Gasteiger partial charge < -0.3 is 15.1 Å². The number of hydrogen-bond donors (Lipinski definition) is 2. The number of carboxylic acids is 1. The molecule has 4 nitrogen and oxygen atoms in total. The van der Waals surface area contributed by atoms with E-state index in [2.05, 4.69) is 18.7 Å². The summed E-state index contributed by atoms with van der Waals surface area (Å²) < 4.78 is 0. The Morgan fingerprint density at radius 3 is 2.44 bits per heavy atom. The van der Waals surface area contributed by atoms with Crippen LogP contribution in [-0.4, -0.2) is 29.3 Å². The normalized spacial score (nSPS) is 24.0. The van der Waals surface area contributed by atoms with Crippen LogP contribution in [0.1, 0.15) is 30.6 Å². The minimum atomic E-state index is -0.994. The number of carboxylic acid groups (broad SMARTS) is 1. The van der Waals surface area contributed by atoms with Gasteiger partial charge in [-0.15, -0.1) is 0 Å². The molecule has 1 heterocycles. The minimum absolute atomic E-state index is 0.00532. The van der Waals surface area contributed by atoms with E-state index in [1.807, 2.05) is 0 Å². The third-order valence-corrected chi connectivity index (χ3v) is 3.42.